The highest BCUT2D eigenvalue weighted by Crippen LogP contribution is 2.44. The number of phenolic OH excluding ortho intramolecular Hbond substituents is 1. The molecule has 1 aliphatic rings. The van der Waals surface area contributed by atoms with Gasteiger partial charge in [0.15, 0.2) is 11.4 Å². The maximum absolute atomic E-state index is 9.90. The van der Waals surface area contributed by atoms with Gasteiger partial charge in [0.2, 0.25) is 0 Å². The minimum atomic E-state index is 0.205. The predicted octanol–water partition coefficient (Wildman–Crippen LogP) is 1.90. The minimum absolute atomic E-state index is 0.205. The molecule has 0 spiro atoms. The number of hydrogen-bond donors (Lipinski definition) is 2. The Bertz CT molecular complexity index is 470. The van der Waals surface area contributed by atoms with E-state index in [0.717, 1.165) is 35.0 Å². The van der Waals surface area contributed by atoms with Crippen LogP contribution in [-0.2, 0) is 0 Å². The third-order valence-electron chi connectivity index (χ3n) is 4.23. The Kier molecular flexibility index (Phi) is 3.03. The Labute approximate surface area is 109 Å². The van der Waals surface area contributed by atoms with E-state index in [-0.39, 0.29) is 5.75 Å². The van der Waals surface area contributed by atoms with Crippen molar-refractivity contribution >= 4 is 17.1 Å². The minimum Gasteiger partial charge on any atom is -0.506 e. The van der Waals surface area contributed by atoms with E-state index in [0.29, 0.717) is 5.69 Å². The number of nitrogen functional groups attached to an aromatic ring is 1. The summed E-state index contributed by atoms with van der Waals surface area (Å²) in [5.74, 6) is 0.205. The first-order chi connectivity index (χ1) is 8.30. The summed E-state index contributed by atoms with van der Waals surface area (Å²) in [7, 11) is 6.65. The van der Waals surface area contributed by atoms with Crippen molar-refractivity contribution in [1.82, 2.24) is 8.97 Å². The molecule has 2 rings (SSSR count). The van der Waals surface area contributed by atoms with Gasteiger partial charge in [-0.2, -0.15) is 0 Å². The zero-order chi connectivity index (χ0) is 13.6. The molecule has 0 aromatic heterocycles. The second kappa shape index (κ2) is 4.14. The summed E-state index contributed by atoms with van der Waals surface area (Å²) in [5.41, 5.74) is 8.77. The fourth-order valence-corrected chi connectivity index (χ4v) is 2.94. The van der Waals surface area contributed by atoms with Gasteiger partial charge in [-0.25, -0.2) is 0 Å². The number of rotatable bonds is 2. The van der Waals surface area contributed by atoms with E-state index < -0.39 is 0 Å². The molecule has 0 aliphatic carbocycles. The van der Waals surface area contributed by atoms with Gasteiger partial charge in [-0.05, 0) is 6.42 Å². The maximum atomic E-state index is 9.90. The molecular formula is C14H25N3O+2. The van der Waals surface area contributed by atoms with Crippen molar-refractivity contribution in [2.24, 2.45) is 0 Å². The smallest absolute Gasteiger partial charge is 0.198 e. The highest BCUT2D eigenvalue weighted by atomic mass is 16.3. The lowest BCUT2D eigenvalue weighted by Crippen LogP contribution is -2.59. The Morgan fingerprint density at radius 1 is 1.17 bits per heavy atom. The molecule has 1 aromatic carbocycles. The molecule has 0 amide bonds. The lowest BCUT2D eigenvalue weighted by molar-refractivity contribution is 0.248. The van der Waals surface area contributed by atoms with Crippen LogP contribution in [0, 0.1) is 0 Å². The average Bonchev–Trinajstić information content (AvgIpc) is 2.28. The number of anilines is 1. The third kappa shape index (κ3) is 1.95. The quantitative estimate of drug-likeness (QED) is 0.479. The predicted molar refractivity (Wildman–Crippen MR) is 78.8 cm³/mol. The molecule has 1 heterocycles. The molecule has 0 radical (unpaired) electrons. The molecule has 1 aromatic rings. The van der Waals surface area contributed by atoms with Crippen LogP contribution in [0.15, 0.2) is 12.1 Å². The summed E-state index contributed by atoms with van der Waals surface area (Å²) in [6.07, 6.45) is 1.13. The van der Waals surface area contributed by atoms with Crippen molar-refractivity contribution in [3.8, 4) is 5.75 Å². The van der Waals surface area contributed by atoms with Gasteiger partial charge in [0.1, 0.15) is 18.8 Å². The lowest BCUT2D eigenvalue weighted by Gasteiger charge is -2.44. The maximum Gasteiger partial charge on any atom is 0.198 e. The molecule has 0 fully saturated rings. The fraction of sp³-hybridized carbons (Fsp3) is 0.571. The number of nitrogens with zero attached hydrogens (tertiary/aromatic N) is 2. The number of nitrogens with two attached hydrogens (primary N) is 1. The van der Waals surface area contributed by atoms with E-state index in [1.54, 1.807) is 0 Å². The number of hydrogen-bond acceptors (Lipinski definition) is 2. The molecule has 0 bridgehead atoms. The highest BCUT2D eigenvalue weighted by Gasteiger charge is 2.42. The van der Waals surface area contributed by atoms with Crippen LogP contribution >= 0.6 is 0 Å². The van der Waals surface area contributed by atoms with Crippen LogP contribution in [-0.4, -0.2) is 45.9 Å². The Morgan fingerprint density at radius 3 is 2.44 bits per heavy atom. The lowest BCUT2D eigenvalue weighted by atomic mass is 10.1. The molecule has 0 saturated heterocycles. The molecule has 18 heavy (non-hydrogen) atoms. The second-order valence-electron chi connectivity index (χ2n) is 6.15. The van der Waals surface area contributed by atoms with Crippen molar-refractivity contribution in [3.63, 3.8) is 0 Å². The van der Waals surface area contributed by atoms with Gasteiger partial charge in [-0.15, -0.1) is 0 Å². The van der Waals surface area contributed by atoms with Gasteiger partial charge in [0, 0.05) is 12.1 Å². The summed E-state index contributed by atoms with van der Waals surface area (Å²) >= 11 is 0. The molecule has 100 valence electrons. The largest absolute Gasteiger partial charge is 0.506 e. The Balaban J connectivity index is 2.62. The molecule has 1 aliphatic heterocycles. The highest BCUT2D eigenvalue weighted by molar-refractivity contribution is 5.76. The molecule has 1 atom stereocenters. The van der Waals surface area contributed by atoms with Gasteiger partial charge in [-0.1, -0.05) is 6.92 Å². The van der Waals surface area contributed by atoms with Crippen molar-refractivity contribution in [1.29, 1.82) is 0 Å². The first-order valence-electron chi connectivity index (χ1n) is 6.61. The normalized spacial score (nSPS) is 25.8. The van der Waals surface area contributed by atoms with E-state index >= 15 is 0 Å². The van der Waals surface area contributed by atoms with Crippen LogP contribution in [0.3, 0.4) is 0 Å². The van der Waals surface area contributed by atoms with Crippen molar-refractivity contribution in [3.05, 3.63) is 12.1 Å². The summed E-state index contributed by atoms with van der Waals surface area (Å²) in [5, 5.41) is 9.90. The van der Waals surface area contributed by atoms with E-state index in [2.05, 4.69) is 28.1 Å². The number of quaternary nitrogens is 2. The van der Waals surface area contributed by atoms with Crippen LogP contribution in [0.5, 0.6) is 5.75 Å². The van der Waals surface area contributed by atoms with Crippen LogP contribution in [0.2, 0.25) is 0 Å². The van der Waals surface area contributed by atoms with Crippen LogP contribution in [0.25, 0.3) is 0 Å². The van der Waals surface area contributed by atoms with E-state index in [1.165, 1.54) is 11.4 Å². The average molecular weight is 251 g/mol. The van der Waals surface area contributed by atoms with Gasteiger partial charge < -0.3 is 10.8 Å². The second-order valence-corrected chi connectivity index (χ2v) is 6.15. The number of benzene rings is 1. The monoisotopic (exact) mass is 251 g/mol. The van der Waals surface area contributed by atoms with Gasteiger partial charge in [0.05, 0.1) is 33.4 Å². The SMILES string of the molecule is CCC[N+]1(C)CC[N+](C)(C)c2cc(N)c(O)cc21. The molecular weight excluding hydrogens is 226 g/mol. The molecule has 1 unspecified atom stereocenters. The van der Waals surface area contributed by atoms with E-state index in [9.17, 15) is 5.11 Å². The summed E-state index contributed by atoms with van der Waals surface area (Å²) in [4.78, 5) is 0. The first kappa shape index (κ1) is 13.2. The topological polar surface area (TPSA) is 46.2 Å². The van der Waals surface area contributed by atoms with Crippen LogP contribution < -0.4 is 14.7 Å². The Morgan fingerprint density at radius 2 is 1.83 bits per heavy atom. The molecule has 4 nitrogen and oxygen atoms in total. The fourth-order valence-electron chi connectivity index (χ4n) is 2.94. The van der Waals surface area contributed by atoms with Crippen LogP contribution in [0.1, 0.15) is 13.3 Å². The van der Waals surface area contributed by atoms with Gasteiger partial charge in [-0.3, -0.25) is 8.97 Å². The van der Waals surface area contributed by atoms with E-state index in [4.69, 9.17) is 5.73 Å². The third-order valence-corrected chi connectivity index (χ3v) is 4.23. The zero-order valence-corrected chi connectivity index (χ0v) is 11.9. The number of likely N-dealkylation sites (N-methyl/N-ethyl adjacent to an activating group) is 2. The molecule has 4 heteroatoms. The summed E-state index contributed by atoms with van der Waals surface area (Å²) in [6, 6.07) is 3.80. The van der Waals surface area contributed by atoms with Crippen molar-refractivity contribution in [2.45, 2.75) is 13.3 Å². The van der Waals surface area contributed by atoms with Crippen molar-refractivity contribution in [2.75, 3.05) is 46.5 Å². The van der Waals surface area contributed by atoms with E-state index in [1.807, 2.05) is 12.1 Å². The van der Waals surface area contributed by atoms with Crippen molar-refractivity contribution < 1.29 is 5.11 Å². The summed E-state index contributed by atoms with van der Waals surface area (Å²) < 4.78 is 1.72. The summed E-state index contributed by atoms with van der Waals surface area (Å²) in [6.45, 7) is 5.48. The zero-order valence-electron chi connectivity index (χ0n) is 11.9. The number of fused-ring (bicyclic) bond motifs is 1. The molecule has 3 N–H and O–H groups in total. The number of aromatic hydroxyl groups is 1. The number of phenols is 1. The Hall–Kier alpha value is -1.26. The first-order valence-corrected chi connectivity index (χ1v) is 6.61. The van der Waals surface area contributed by atoms with Gasteiger partial charge >= 0.3 is 0 Å². The van der Waals surface area contributed by atoms with Gasteiger partial charge in [0.25, 0.3) is 0 Å². The van der Waals surface area contributed by atoms with Crippen LogP contribution in [0.4, 0.5) is 17.1 Å². The standard InChI is InChI=1S/C14H24N3O/c1-5-6-17(4)8-7-16(2,3)12-9-11(15)14(18)10-13(12)17/h9-10H,5-8,15H2,1-4H3/q+1/p+1. The molecule has 0 saturated carbocycles.